The smallest absolute Gasteiger partial charge is 0.147 e. The Labute approximate surface area is 158 Å². The van der Waals surface area contributed by atoms with E-state index in [-0.39, 0.29) is 0 Å². The highest BCUT2D eigenvalue weighted by Gasteiger charge is 2.27. The topological polar surface area (TPSA) is 29.5 Å². The summed E-state index contributed by atoms with van der Waals surface area (Å²) in [6.45, 7) is 0. The quantitative estimate of drug-likeness (QED) is 0.528. The lowest BCUT2D eigenvalue weighted by Crippen LogP contribution is -2.26. The Morgan fingerprint density at radius 2 is 1.77 bits per heavy atom. The van der Waals surface area contributed by atoms with Crippen molar-refractivity contribution in [3.05, 3.63) is 66.0 Å². The number of hydrogen-bond acceptors (Lipinski definition) is 2. The molecule has 0 radical (unpaired) electrons. The maximum atomic E-state index is 10.6. The van der Waals surface area contributed by atoms with E-state index in [4.69, 9.17) is 16.3 Å². The van der Waals surface area contributed by atoms with Gasteiger partial charge < -0.3 is 9.84 Å². The maximum absolute atomic E-state index is 10.6. The molecule has 0 saturated heterocycles. The molecule has 1 N–H and O–H groups in total. The zero-order chi connectivity index (χ0) is 15.9. The monoisotopic (exact) mass is 506 g/mol. The molecule has 2 aromatic rings. The molecule has 0 aromatic heterocycles. The summed E-state index contributed by atoms with van der Waals surface area (Å²) in [4.78, 5) is 0. The minimum Gasteiger partial charge on any atom is -0.482 e. The fraction of sp³-hybridized carbons (Fsp3) is 0.125. The van der Waals surface area contributed by atoms with E-state index in [0.717, 1.165) is 24.5 Å². The zero-order valence-electron chi connectivity index (χ0n) is 11.1. The van der Waals surface area contributed by atoms with Crippen LogP contribution in [-0.4, -0.2) is 11.2 Å². The summed E-state index contributed by atoms with van der Waals surface area (Å²) in [5.74, 6) is 0.540. The number of ether oxygens (including phenoxy) is 1. The Hall–Kier alpha value is -0.330. The molecule has 1 aliphatic rings. The van der Waals surface area contributed by atoms with Crippen LogP contribution < -0.4 is 4.74 Å². The molecule has 0 bridgehead atoms. The Bertz CT molecular complexity index is 761. The lowest BCUT2D eigenvalue weighted by molar-refractivity contribution is 0.0623. The van der Waals surface area contributed by atoms with Gasteiger partial charge in [0, 0.05) is 13.4 Å². The zero-order valence-corrected chi connectivity index (χ0v) is 16.6. The van der Waals surface area contributed by atoms with Gasteiger partial charge in [-0.25, -0.2) is 0 Å². The first-order valence-corrected chi connectivity index (χ1v) is 9.18. The molecule has 0 saturated carbocycles. The minimum absolute atomic E-state index is 0.487. The van der Waals surface area contributed by atoms with E-state index >= 15 is 0 Å². The molecule has 2 aromatic carbocycles. The summed E-state index contributed by atoms with van der Waals surface area (Å²) in [5, 5.41) is 11.1. The molecule has 2 nitrogen and oxygen atoms in total. The van der Waals surface area contributed by atoms with E-state index in [1.54, 1.807) is 12.1 Å². The van der Waals surface area contributed by atoms with Gasteiger partial charge in [0.15, 0.2) is 0 Å². The van der Waals surface area contributed by atoms with E-state index in [2.05, 4.69) is 47.8 Å². The molecule has 22 heavy (non-hydrogen) atoms. The van der Waals surface area contributed by atoms with Crippen molar-refractivity contribution in [3.8, 4) is 5.75 Å². The van der Waals surface area contributed by atoms with Crippen LogP contribution in [0.25, 0.3) is 6.08 Å². The molecule has 0 aliphatic heterocycles. The third kappa shape index (κ3) is 3.29. The number of aliphatic hydroxyl groups excluding tert-OH is 1. The molecular weight excluding hydrogens is 499 g/mol. The second kappa shape index (κ2) is 6.65. The van der Waals surface area contributed by atoms with Gasteiger partial charge in [0.25, 0.3) is 0 Å². The van der Waals surface area contributed by atoms with E-state index < -0.39 is 12.2 Å². The number of benzene rings is 2. The fourth-order valence-electron chi connectivity index (χ4n) is 2.28. The highest BCUT2D eigenvalue weighted by molar-refractivity contribution is 9.13. The molecule has 2 atom stereocenters. The van der Waals surface area contributed by atoms with Gasteiger partial charge in [-0.05, 0) is 79.4 Å². The van der Waals surface area contributed by atoms with Crippen molar-refractivity contribution in [3.63, 3.8) is 0 Å². The van der Waals surface area contributed by atoms with Crippen LogP contribution in [0.15, 0.2) is 49.8 Å². The SMILES string of the molecule is O[C@H]1c2cc(Br)c(Br)cc2C=C[C@@H]1Oc1ccc(Br)cc1Cl. The van der Waals surface area contributed by atoms with Crippen molar-refractivity contribution >= 4 is 65.5 Å². The molecule has 114 valence electrons. The van der Waals surface area contributed by atoms with Gasteiger partial charge in [0.05, 0.1) is 5.02 Å². The van der Waals surface area contributed by atoms with Gasteiger partial charge in [-0.3, -0.25) is 0 Å². The lowest BCUT2D eigenvalue weighted by Gasteiger charge is -2.27. The number of fused-ring (bicyclic) bond motifs is 1. The molecule has 0 unspecified atom stereocenters. The average Bonchev–Trinajstić information content (AvgIpc) is 2.47. The standard InChI is InChI=1S/C16H10Br3ClO2/c17-9-2-4-14(13(20)6-9)22-15-3-1-8-5-11(18)12(19)7-10(8)16(15)21/h1-7,15-16,21H/t15-,16-/m0/s1. The summed E-state index contributed by atoms with van der Waals surface area (Å²) in [5.41, 5.74) is 1.78. The molecule has 3 rings (SSSR count). The predicted octanol–water partition coefficient (Wildman–Crippen LogP) is 6.14. The summed E-state index contributed by atoms with van der Waals surface area (Å²) in [6.07, 6.45) is 2.53. The molecule has 6 heteroatoms. The fourth-order valence-corrected chi connectivity index (χ4v) is 3.72. The van der Waals surface area contributed by atoms with Gasteiger partial charge in [0.1, 0.15) is 18.0 Å². The molecule has 1 aliphatic carbocycles. The highest BCUT2D eigenvalue weighted by Crippen LogP contribution is 2.37. The number of aliphatic hydroxyl groups is 1. The Morgan fingerprint density at radius 1 is 1.05 bits per heavy atom. The van der Waals surface area contributed by atoms with Crippen LogP contribution in [-0.2, 0) is 0 Å². The number of rotatable bonds is 2. The van der Waals surface area contributed by atoms with Crippen molar-refractivity contribution in [1.29, 1.82) is 0 Å². The van der Waals surface area contributed by atoms with Crippen LogP contribution in [0.4, 0.5) is 0 Å². The van der Waals surface area contributed by atoms with Gasteiger partial charge >= 0.3 is 0 Å². The van der Waals surface area contributed by atoms with Crippen LogP contribution in [0.2, 0.25) is 5.02 Å². The summed E-state index contributed by atoms with van der Waals surface area (Å²) in [6, 6.07) is 9.24. The first-order chi connectivity index (χ1) is 10.5. The third-order valence-corrected chi connectivity index (χ3v) is 6.01. The predicted molar refractivity (Wildman–Crippen MR) is 99.4 cm³/mol. The molecule has 0 heterocycles. The lowest BCUT2D eigenvalue weighted by atomic mass is 9.93. The van der Waals surface area contributed by atoms with Gasteiger partial charge in [-0.1, -0.05) is 33.6 Å². The Balaban J connectivity index is 1.90. The molecule has 0 spiro atoms. The molecular formula is C16H10Br3ClO2. The highest BCUT2D eigenvalue weighted by atomic mass is 79.9. The number of halogens is 4. The largest absolute Gasteiger partial charge is 0.482 e. The van der Waals surface area contributed by atoms with Crippen molar-refractivity contribution in [1.82, 2.24) is 0 Å². The third-order valence-electron chi connectivity index (χ3n) is 3.38. The van der Waals surface area contributed by atoms with Crippen LogP contribution >= 0.6 is 59.4 Å². The van der Waals surface area contributed by atoms with Crippen LogP contribution in [0.1, 0.15) is 17.2 Å². The summed E-state index contributed by atoms with van der Waals surface area (Å²) in [7, 11) is 0. The van der Waals surface area contributed by atoms with Crippen molar-refractivity contribution < 1.29 is 9.84 Å². The van der Waals surface area contributed by atoms with E-state index in [1.165, 1.54) is 0 Å². The van der Waals surface area contributed by atoms with E-state index in [1.807, 2.05) is 30.4 Å². The minimum atomic E-state index is -0.760. The second-order valence-electron chi connectivity index (χ2n) is 4.86. The Morgan fingerprint density at radius 3 is 2.50 bits per heavy atom. The second-order valence-corrected chi connectivity index (χ2v) is 7.89. The first-order valence-electron chi connectivity index (χ1n) is 6.42. The van der Waals surface area contributed by atoms with Gasteiger partial charge in [-0.15, -0.1) is 0 Å². The average molecular weight is 509 g/mol. The van der Waals surface area contributed by atoms with Crippen molar-refractivity contribution in [2.24, 2.45) is 0 Å². The normalized spacial score (nSPS) is 19.9. The summed E-state index contributed by atoms with van der Waals surface area (Å²) < 4.78 is 8.57. The summed E-state index contributed by atoms with van der Waals surface area (Å²) >= 11 is 16.4. The van der Waals surface area contributed by atoms with Gasteiger partial charge in [-0.2, -0.15) is 0 Å². The maximum Gasteiger partial charge on any atom is 0.147 e. The van der Waals surface area contributed by atoms with Gasteiger partial charge in [0.2, 0.25) is 0 Å². The van der Waals surface area contributed by atoms with Crippen LogP contribution in [0, 0.1) is 0 Å². The van der Waals surface area contributed by atoms with E-state index in [9.17, 15) is 5.11 Å². The van der Waals surface area contributed by atoms with Crippen LogP contribution in [0.5, 0.6) is 5.75 Å². The van der Waals surface area contributed by atoms with E-state index in [0.29, 0.717) is 10.8 Å². The van der Waals surface area contributed by atoms with Crippen molar-refractivity contribution in [2.75, 3.05) is 0 Å². The molecule has 0 fully saturated rings. The van der Waals surface area contributed by atoms with Crippen molar-refractivity contribution in [2.45, 2.75) is 12.2 Å². The van der Waals surface area contributed by atoms with Crippen LogP contribution in [0.3, 0.4) is 0 Å². The first kappa shape index (κ1) is 16.5. The Kier molecular flexibility index (Phi) is 5.00. The number of hydrogen-bond donors (Lipinski definition) is 1. The molecule has 0 amide bonds.